The van der Waals surface area contributed by atoms with Gasteiger partial charge >= 0.3 is 0 Å². The Kier molecular flexibility index (Phi) is 4.35. The van der Waals surface area contributed by atoms with Crippen molar-refractivity contribution >= 4 is 22.1 Å². The maximum Gasteiger partial charge on any atom is 0.131 e. The molecule has 3 aromatic carbocycles. The molecule has 1 nitrogen and oxygen atoms in total. The number of hydrogen-bond donors (Lipinski definition) is 0. The second kappa shape index (κ2) is 6.45. The van der Waals surface area contributed by atoms with Crippen molar-refractivity contribution in [2.24, 2.45) is 0 Å². The van der Waals surface area contributed by atoms with Gasteiger partial charge in [-0.2, -0.15) is 0 Å². The van der Waals surface area contributed by atoms with Crippen LogP contribution in [0.15, 0.2) is 79.4 Å². The van der Waals surface area contributed by atoms with Crippen molar-refractivity contribution in [1.29, 1.82) is 0 Å². The van der Waals surface area contributed by atoms with Crippen molar-refractivity contribution in [3.8, 4) is 0 Å². The first-order chi connectivity index (χ1) is 11.5. The minimum atomic E-state index is -0.419. The number of rotatable bonds is 5. The van der Waals surface area contributed by atoms with Crippen LogP contribution in [-0.2, 0) is 10.2 Å². The quantitative estimate of drug-likeness (QED) is 0.582. The van der Waals surface area contributed by atoms with E-state index in [0.717, 1.165) is 16.7 Å². The molecule has 24 heavy (non-hydrogen) atoms. The van der Waals surface area contributed by atoms with Gasteiger partial charge in [0.05, 0.1) is 0 Å². The summed E-state index contributed by atoms with van der Waals surface area (Å²) in [5.41, 5.74) is 2.77. The first kappa shape index (κ1) is 16.2. The number of hydrogen-bond acceptors (Lipinski definition) is 1. The minimum absolute atomic E-state index is 0.169. The van der Waals surface area contributed by atoms with E-state index in [2.05, 4.69) is 56.0 Å². The normalized spacial score (nSPS) is 13.4. The third-order valence-electron chi connectivity index (χ3n) is 4.78. The maximum absolute atomic E-state index is 12.0. The van der Waals surface area contributed by atoms with Crippen LogP contribution in [0.2, 0.25) is 0 Å². The molecule has 0 aliphatic carbocycles. The molecule has 0 heterocycles. The van der Waals surface area contributed by atoms with E-state index in [0.29, 0.717) is 6.42 Å². The molecule has 0 radical (unpaired) electrons. The predicted molar refractivity (Wildman–Crippen MR) is 102 cm³/mol. The van der Waals surface area contributed by atoms with Gasteiger partial charge in [0.1, 0.15) is 5.78 Å². The SMILES string of the molecule is C=C(c1ccccc1)[C@@](C)(CC(C)=O)c1ccc2ccccc2c1. The van der Waals surface area contributed by atoms with Crippen LogP contribution in [0.4, 0.5) is 0 Å². The molecule has 0 saturated heterocycles. The lowest BCUT2D eigenvalue weighted by Gasteiger charge is -2.32. The molecule has 3 aromatic rings. The summed E-state index contributed by atoms with van der Waals surface area (Å²) in [6.07, 6.45) is 0.444. The fourth-order valence-electron chi connectivity index (χ4n) is 3.37. The zero-order chi connectivity index (χ0) is 17.2. The Morgan fingerprint density at radius 1 is 0.917 bits per heavy atom. The van der Waals surface area contributed by atoms with Gasteiger partial charge < -0.3 is 0 Å². The number of Topliss-reactive ketones (excluding diaryl/α,β-unsaturated/α-hetero) is 1. The van der Waals surface area contributed by atoms with Crippen molar-refractivity contribution in [2.75, 3.05) is 0 Å². The zero-order valence-electron chi connectivity index (χ0n) is 14.3. The van der Waals surface area contributed by atoms with Gasteiger partial charge in [-0.05, 0) is 34.4 Å². The van der Waals surface area contributed by atoms with Crippen molar-refractivity contribution in [1.82, 2.24) is 0 Å². The summed E-state index contributed by atoms with van der Waals surface area (Å²) >= 11 is 0. The van der Waals surface area contributed by atoms with Crippen molar-refractivity contribution in [3.63, 3.8) is 0 Å². The summed E-state index contributed by atoms with van der Waals surface area (Å²) in [7, 11) is 0. The summed E-state index contributed by atoms with van der Waals surface area (Å²) < 4.78 is 0. The Morgan fingerprint density at radius 2 is 1.54 bits per heavy atom. The number of carbonyl (C=O) groups is 1. The minimum Gasteiger partial charge on any atom is -0.300 e. The number of ketones is 1. The largest absolute Gasteiger partial charge is 0.300 e. The third-order valence-corrected chi connectivity index (χ3v) is 4.78. The Hall–Kier alpha value is -2.67. The Balaban J connectivity index is 2.13. The smallest absolute Gasteiger partial charge is 0.131 e. The fourth-order valence-corrected chi connectivity index (χ4v) is 3.37. The van der Waals surface area contributed by atoms with E-state index in [1.165, 1.54) is 10.8 Å². The average molecular weight is 314 g/mol. The van der Waals surface area contributed by atoms with Gasteiger partial charge in [-0.3, -0.25) is 4.79 Å². The molecule has 0 saturated carbocycles. The van der Waals surface area contributed by atoms with E-state index in [4.69, 9.17) is 0 Å². The van der Waals surface area contributed by atoms with Crippen LogP contribution in [0.5, 0.6) is 0 Å². The Morgan fingerprint density at radius 3 is 2.21 bits per heavy atom. The highest BCUT2D eigenvalue weighted by Gasteiger charge is 2.32. The monoisotopic (exact) mass is 314 g/mol. The van der Waals surface area contributed by atoms with Crippen molar-refractivity contribution in [2.45, 2.75) is 25.7 Å². The summed E-state index contributed by atoms with van der Waals surface area (Å²) in [5.74, 6) is 0.169. The summed E-state index contributed by atoms with van der Waals surface area (Å²) in [6, 6.07) is 24.9. The van der Waals surface area contributed by atoms with Gasteiger partial charge in [-0.15, -0.1) is 0 Å². The first-order valence-electron chi connectivity index (χ1n) is 8.24. The Labute approximate surface area is 143 Å². The van der Waals surface area contributed by atoms with E-state index >= 15 is 0 Å². The molecule has 0 aliphatic heterocycles. The van der Waals surface area contributed by atoms with Crippen LogP contribution >= 0.6 is 0 Å². The molecule has 1 atom stereocenters. The van der Waals surface area contributed by atoms with Crippen molar-refractivity contribution in [3.05, 3.63) is 90.5 Å². The number of carbonyl (C=O) groups excluding carboxylic acids is 1. The molecule has 0 aromatic heterocycles. The van der Waals surface area contributed by atoms with Crippen LogP contribution in [0, 0.1) is 0 Å². The number of benzene rings is 3. The molecule has 1 heteroatoms. The molecular weight excluding hydrogens is 292 g/mol. The standard InChI is InChI=1S/C23H22O/c1-17(24)16-23(3,18(2)19-9-5-4-6-10-19)22-14-13-20-11-7-8-12-21(20)15-22/h4-15H,2,16H2,1,3H3/t23-/m1/s1. The van der Waals surface area contributed by atoms with Gasteiger partial charge in [0.2, 0.25) is 0 Å². The molecule has 0 aliphatic rings. The molecular formula is C23H22O. The van der Waals surface area contributed by atoms with E-state index in [9.17, 15) is 4.79 Å². The van der Waals surface area contributed by atoms with Gasteiger partial charge in [-0.25, -0.2) is 0 Å². The highest BCUT2D eigenvalue weighted by Crippen LogP contribution is 2.41. The van der Waals surface area contributed by atoms with Crippen LogP contribution < -0.4 is 0 Å². The lowest BCUT2D eigenvalue weighted by Crippen LogP contribution is -2.26. The first-order valence-corrected chi connectivity index (χ1v) is 8.24. The molecule has 0 unspecified atom stereocenters. The van der Waals surface area contributed by atoms with E-state index in [1.54, 1.807) is 6.92 Å². The van der Waals surface area contributed by atoms with Gasteiger partial charge in [0, 0.05) is 11.8 Å². The zero-order valence-corrected chi connectivity index (χ0v) is 14.3. The van der Waals surface area contributed by atoms with Gasteiger partial charge in [0.15, 0.2) is 0 Å². The molecule has 0 bridgehead atoms. The average Bonchev–Trinajstić information content (AvgIpc) is 2.60. The highest BCUT2D eigenvalue weighted by molar-refractivity contribution is 5.87. The summed E-state index contributed by atoms with van der Waals surface area (Å²) in [6.45, 7) is 8.12. The van der Waals surface area contributed by atoms with E-state index < -0.39 is 5.41 Å². The molecule has 0 amide bonds. The van der Waals surface area contributed by atoms with Crippen LogP contribution in [0.3, 0.4) is 0 Å². The second-order valence-corrected chi connectivity index (χ2v) is 6.62. The fraction of sp³-hybridized carbons (Fsp3) is 0.174. The second-order valence-electron chi connectivity index (χ2n) is 6.62. The topological polar surface area (TPSA) is 17.1 Å². The molecule has 120 valence electrons. The molecule has 0 fully saturated rings. The lowest BCUT2D eigenvalue weighted by atomic mass is 9.70. The summed E-state index contributed by atoms with van der Waals surface area (Å²) in [4.78, 5) is 12.0. The van der Waals surface area contributed by atoms with E-state index in [-0.39, 0.29) is 5.78 Å². The summed E-state index contributed by atoms with van der Waals surface area (Å²) in [5, 5.41) is 2.39. The number of allylic oxidation sites excluding steroid dienone is 1. The third kappa shape index (κ3) is 3.03. The van der Waals surface area contributed by atoms with Crippen LogP contribution in [0.25, 0.3) is 16.3 Å². The number of fused-ring (bicyclic) bond motifs is 1. The lowest BCUT2D eigenvalue weighted by molar-refractivity contribution is -0.117. The van der Waals surface area contributed by atoms with Crippen LogP contribution in [0.1, 0.15) is 31.4 Å². The predicted octanol–water partition coefficient (Wildman–Crippen LogP) is 5.79. The van der Waals surface area contributed by atoms with Crippen molar-refractivity contribution < 1.29 is 4.79 Å². The van der Waals surface area contributed by atoms with Gasteiger partial charge in [0.25, 0.3) is 0 Å². The Bertz CT molecular complexity index is 892. The van der Waals surface area contributed by atoms with E-state index in [1.807, 2.05) is 30.3 Å². The highest BCUT2D eigenvalue weighted by atomic mass is 16.1. The molecule has 0 spiro atoms. The molecule has 3 rings (SSSR count). The van der Waals surface area contributed by atoms with Crippen LogP contribution in [-0.4, -0.2) is 5.78 Å². The van der Waals surface area contributed by atoms with Gasteiger partial charge in [-0.1, -0.05) is 86.3 Å². The molecule has 0 N–H and O–H groups in total. The maximum atomic E-state index is 12.0.